The number of thiol groups is 1. The third-order valence-electron chi connectivity index (χ3n) is 5.18. The van der Waals surface area contributed by atoms with Gasteiger partial charge in [0.1, 0.15) is 18.1 Å². The van der Waals surface area contributed by atoms with Gasteiger partial charge in [0.05, 0.1) is 6.04 Å². The van der Waals surface area contributed by atoms with E-state index in [0.29, 0.717) is 25.8 Å². The highest BCUT2D eigenvalue weighted by molar-refractivity contribution is 7.80. The smallest absolute Gasteiger partial charge is 0.327 e. The molecule has 12 nitrogen and oxygen atoms in total. The predicted octanol–water partition coefficient (Wildman–Crippen LogP) is -1.18. The lowest BCUT2D eigenvalue weighted by Gasteiger charge is -2.28. The maximum atomic E-state index is 13.0. The molecule has 33 heavy (non-hydrogen) atoms. The van der Waals surface area contributed by atoms with Gasteiger partial charge in [-0.1, -0.05) is 20.3 Å². The first-order chi connectivity index (χ1) is 15.5. The minimum atomic E-state index is -1.26. The number of rotatable bonds is 17. The van der Waals surface area contributed by atoms with E-state index in [2.05, 4.69) is 28.6 Å². The number of hydrogen-bond donors (Lipinski definition) is 8. The molecule has 13 heteroatoms. The van der Waals surface area contributed by atoms with Crippen molar-refractivity contribution in [1.29, 1.82) is 0 Å². The molecule has 0 rings (SSSR count). The number of carboxylic acids is 2. The van der Waals surface area contributed by atoms with Crippen molar-refractivity contribution in [2.45, 2.75) is 76.5 Å². The third-order valence-corrected chi connectivity index (χ3v) is 5.54. The number of carbonyl (C=O) groups excluding carboxylic acids is 3. The molecule has 0 aromatic heterocycles. The second-order valence-corrected chi connectivity index (χ2v) is 8.20. The lowest BCUT2D eigenvalue weighted by atomic mass is 9.96. The number of nitrogens with two attached hydrogens (primary N) is 2. The summed E-state index contributed by atoms with van der Waals surface area (Å²) in [6.07, 6.45) is 1.45. The lowest BCUT2D eigenvalue weighted by molar-refractivity contribution is -0.142. The summed E-state index contributed by atoms with van der Waals surface area (Å²) in [6, 6.07) is -4.42. The summed E-state index contributed by atoms with van der Waals surface area (Å²) in [5.41, 5.74) is 11.2. The molecule has 0 spiro atoms. The van der Waals surface area contributed by atoms with E-state index in [1.54, 1.807) is 6.92 Å². The van der Waals surface area contributed by atoms with Crippen LogP contribution in [0.25, 0.3) is 0 Å². The number of carbonyl (C=O) groups is 5. The fourth-order valence-electron chi connectivity index (χ4n) is 2.85. The Kier molecular flexibility index (Phi) is 15.1. The molecule has 0 saturated carbocycles. The molecular weight excluding hydrogens is 454 g/mol. The first kappa shape index (κ1) is 30.6. The Morgan fingerprint density at radius 1 is 0.909 bits per heavy atom. The predicted molar refractivity (Wildman–Crippen MR) is 124 cm³/mol. The van der Waals surface area contributed by atoms with E-state index >= 15 is 0 Å². The maximum Gasteiger partial charge on any atom is 0.327 e. The van der Waals surface area contributed by atoms with Gasteiger partial charge in [0, 0.05) is 12.2 Å². The SMILES string of the molecule is CCC(C)C(NC(=O)C(N)CCC(=O)O)C(=O)NC(CCCCN)C(=O)NC(CS)C(=O)O. The molecule has 0 radical (unpaired) electrons. The summed E-state index contributed by atoms with van der Waals surface area (Å²) in [5, 5.41) is 25.4. The summed E-state index contributed by atoms with van der Waals surface area (Å²) in [6.45, 7) is 3.94. The van der Waals surface area contributed by atoms with Gasteiger partial charge in [-0.05, 0) is 38.1 Å². The van der Waals surface area contributed by atoms with Gasteiger partial charge in [0.2, 0.25) is 17.7 Å². The second-order valence-electron chi connectivity index (χ2n) is 7.84. The molecule has 190 valence electrons. The van der Waals surface area contributed by atoms with Crippen LogP contribution in [0.15, 0.2) is 0 Å². The fraction of sp³-hybridized carbons (Fsp3) is 0.750. The molecule has 5 unspecified atom stereocenters. The number of carboxylic acid groups (broad SMARTS) is 2. The number of hydrogen-bond acceptors (Lipinski definition) is 8. The van der Waals surface area contributed by atoms with Crippen molar-refractivity contribution in [3.05, 3.63) is 0 Å². The Morgan fingerprint density at radius 3 is 2.00 bits per heavy atom. The molecular formula is C20H37N5O7S. The van der Waals surface area contributed by atoms with Crippen LogP contribution >= 0.6 is 12.6 Å². The van der Waals surface area contributed by atoms with Crippen molar-refractivity contribution in [1.82, 2.24) is 16.0 Å². The minimum Gasteiger partial charge on any atom is -0.481 e. The van der Waals surface area contributed by atoms with Crippen molar-refractivity contribution >= 4 is 42.3 Å². The largest absolute Gasteiger partial charge is 0.481 e. The van der Waals surface area contributed by atoms with Gasteiger partial charge in [-0.25, -0.2) is 4.79 Å². The van der Waals surface area contributed by atoms with Crippen molar-refractivity contribution < 1.29 is 34.2 Å². The minimum absolute atomic E-state index is 0.0968. The van der Waals surface area contributed by atoms with Gasteiger partial charge in [-0.3, -0.25) is 19.2 Å². The Hall–Kier alpha value is -2.38. The van der Waals surface area contributed by atoms with Crippen molar-refractivity contribution in [3.8, 4) is 0 Å². The van der Waals surface area contributed by atoms with E-state index in [0.717, 1.165) is 0 Å². The number of aliphatic carboxylic acids is 2. The van der Waals surface area contributed by atoms with E-state index in [4.69, 9.17) is 21.7 Å². The quantitative estimate of drug-likeness (QED) is 0.0906. The zero-order chi connectivity index (χ0) is 25.6. The molecule has 0 aromatic rings. The van der Waals surface area contributed by atoms with Crippen LogP contribution in [0.3, 0.4) is 0 Å². The van der Waals surface area contributed by atoms with E-state index in [-0.39, 0.29) is 30.9 Å². The molecule has 0 aliphatic heterocycles. The zero-order valence-corrected chi connectivity index (χ0v) is 20.0. The van der Waals surface area contributed by atoms with Gasteiger partial charge in [-0.15, -0.1) is 0 Å². The summed E-state index contributed by atoms with van der Waals surface area (Å²) in [7, 11) is 0. The third kappa shape index (κ3) is 11.9. The molecule has 0 aromatic carbocycles. The average molecular weight is 492 g/mol. The Balaban J connectivity index is 5.44. The van der Waals surface area contributed by atoms with Crippen LogP contribution in [0.4, 0.5) is 0 Å². The lowest BCUT2D eigenvalue weighted by Crippen LogP contribution is -2.58. The molecule has 0 saturated heterocycles. The summed E-state index contributed by atoms with van der Waals surface area (Å²) in [4.78, 5) is 60.0. The van der Waals surface area contributed by atoms with Gasteiger partial charge in [-0.2, -0.15) is 12.6 Å². The topological polar surface area (TPSA) is 214 Å². The Morgan fingerprint density at radius 2 is 1.52 bits per heavy atom. The van der Waals surface area contributed by atoms with Gasteiger partial charge in [0.15, 0.2) is 0 Å². The van der Waals surface area contributed by atoms with Gasteiger partial charge < -0.3 is 37.6 Å². The van der Waals surface area contributed by atoms with E-state index in [1.165, 1.54) is 0 Å². The highest BCUT2D eigenvalue weighted by atomic mass is 32.1. The highest BCUT2D eigenvalue weighted by Crippen LogP contribution is 2.11. The number of unbranched alkanes of at least 4 members (excludes halogenated alkanes) is 1. The molecule has 0 aliphatic carbocycles. The van der Waals surface area contributed by atoms with Crippen molar-refractivity contribution in [3.63, 3.8) is 0 Å². The van der Waals surface area contributed by atoms with Crippen molar-refractivity contribution in [2.75, 3.05) is 12.3 Å². The average Bonchev–Trinajstić information content (AvgIpc) is 2.77. The molecule has 0 aliphatic rings. The van der Waals surface area contributed by atoms with Crippen LogP contribution in [0, 0.1) is 5.92 Å². The molecule has 0 bridgehead atoms. The van der Waals surface area contributed by atoms with Crippen molar-refractivity contribution in [2.24, 2.45) is 17.4 Å². The second kappa shape index (κ2) is 16.3. The molecule has 3 amide bonds. The van der Waals surface area contributed by atoms with Crippen LogP contribution in [0.5, 0.6) is 0 Å². The highest BCUT2D eigenvalue weighted by Gasteiger charge is 2.32. The van der Waals surface area contributed by atoms with E-state index < -0.39 is 53.8 Å². The normalized spacial score (nSPS) is 15.4. The standard InChI is InChI=1S/C20H37N5O7S/c1-3-11(2)16(25-17(28)12(22)7-8-15(26)27)19(30)23-13(6-4-5-9-21)18(29)24-14(10-33)20(31)32/h11-14,16,33H,3-10,21-22H2,1-2H3,(H,23,30)(H,24,29)(H,25,28)(H,26,27)(H,31,32). The fourth-order valence-corrected chi connectivity index (χ4v) is 3.10. The van der Waals surface area contributed by atoms with E-state index in [9.17, 15) is 24.0 Å². The number of amides is 3. The van der Waals surface area contributed by atoms with Crippen LogP contribution in [0.2, 0.25) is 0 Å². The van der Waals surface area contributed by atoms with Crippen LogP contribution < -0.4 is 27.4 Å². The molecule has 9 N–H and O–H groups in total. The Bertz CT molecular complexity index is 679. The molecule has 5 atom stereocenters. The number of nitrogens with one attached hydrogen (secondary N) is 3. The first-order valence-corrected chi connectivity index (χ1v) is 11.5. The van der Waals surface area contributed by atoms with Crippen LogP contribution in [-0.4, -0.2) is 76.3 Å². The van der Waals surface area contributed by atoms with Crippen LogP contribution in [0.1, 0.15) is 52.4 Å². The summed E-state index contributed by atoms with van der Waals surface area (Å²) >= 11 is 3.92. The zero-order valence-electron chi connectivity index (χ0n) is 19.1. The van der Waals surface area contributed by atoms with Crippen LogP contribution in [-0.2, 0) is 24.0 Å². The molecule has 0 fully saturated rings. The van der Waals surface area contributed by atoms with Gasteiger partial charge in [0.25, 0.3) is 0 Å². The summed E-state index contributed by atoms with van der Waals surface area (Å²) < 4.78 is 0. The monoisotopic (exact) mass is 491 g/mol. The Labute approximate surface area is 199 Å². The summed E-state index contributed by atoms with van der Waals surface area (Å²) in [5.74, 6) is -4.81. The molecule has 0 heterocycles. The van der Waals surface area contributed by atoms with Gasteiger partial charge >= 0.3 is 11.9 Å². The first-order valence-electron chi connectivity index (χ1n) is 10.9. The van der Waals surface area contributed by atoms with E-state index in [1.807, 2.05) is 6.92 Å². The maximum absolute atomic E-state index is 13.0.